The van der Waals surface area contributed by atoms with Gasteiger partial charge >= 0.3 is 0 Å². The van der Waals surface area contributed by atoms with E-state index in [9.17, 15) is 4.39 Å². The summed E-state index contributed by atoms with van der Waals surface area (Å²) in [5.74, 6) is 0.772. The highest BCUT2D eigenvalue weighted by Crippen LogP contribution is 2.28. The van der Waals surface area contributed by atoms with Crippen LogP contribution in [-0.2, 0) is 0 Å². The number of benzene rings is 1. The molecule has 0 bridgehead atoms. The monoisotopic (exact) mass is 384 g/mol. The van der Waals surface area contributed by atoms with Crippen LogP contribution in [0.4, 0.5) is 10.2 Å². The van der Waals surface area contributed by atoms with Crippen molar-refractivity contribution in [3.63, 3.8) is 0 Å². The van der Waals surface area contributed by atoms with E-state index in [0.29, 0.717) is 17.4 Å². The summed E-state index contributed by atoms with van der Waals surface area (Å²) >= 11 is 9.16. The van der Waals surface area contributed by atoms with E-state index in [4.69, 9.17) is 16.3 Å². The number of ether oxygens (including phenoxy) is 1. The Labute approximate surface area is 142 Å². The number of pyridine rings is 1. The van der Waals surface area contributed by atoms with Gasteiger partial charge in [0.15, 0.2) is 11.6 Å². The molecule has 2 heterocycles. The smallest absolute Gasteiger partial charge is 0.167 e. The van der Waals surface area contributed by atoms with Crippen LogP contribution in [0.25, 0.3) is 0 Å². The average molecular weight is 386 g/mol. The molecule has 3 rings (SSSR count). The predicted octanol–water partition coefficient (Wildman–Crippen LogP) is 4.68. The van der Waals surface area contributed by atoms with Crippen molar-refractivity contribution < 1.29 is 9.13 Å². The van der Waals surface area contributed by atoms with Gasteiger partial charge in [-0.05, 0) is 43.2 Å². The maximum Gasteiger partial charge on any atom is 0.167 e. The molecular formula is C16H15BrClFN2O. The second-order valence-corrected chi connectivity index (χ2v) is 6.57. The van der Waals surface area contributed by atoms with Crippen LogP contribution in [0.5, 0.6) is 5.75 Å². The number of nitrogens with zero attached hydrogens (tertiary/aromatic N) is 2. The van der Waals surface area contributed by atoms with Crippen molar-refractivity contribution >= 4 is 33.3 Å². The first-order valence-corrected chi connectivity index (χ1v) is 8.26. The Hall–Kier alpha value is -1.33. The zero-order chi connectivity index (χ0) is 15.5. The van der Waals surface area contributed by atoms with Gasteiger partial charge in [0.1, 0.15) is 12.4 Å². The van der Waals surface area contributed by atoms with Crippen LogP contribution in [0.15, 0.2) is 41.0 Å². The van der Waals surface area contributed by atoms with Crippen LogP contribution in [-0.4, -0.2) is 24.2 Å². The normalized spacial score (nSPS) is 17.8. The third kappa shape index (κ3) is 3.52. The van der Waals surface area contributed by atoms with Gasteiger partial charge in [0.2, 0.25) is 0 Å². The molecule has 0 amide bonds. The number of rotatable bonds is 4. The van der Waals surface area contributed by atoms with Crippen molar-refractivity contribution in [2.24, 2.45) is 0 Å². The summed E-state index contributed by atoms with van der Waals surface area (Å²) in [4.78, 5) is 6.10. The van der Waals surface area contributed by atoms with Crippen LogP contribution < -0.4 is 9.64 Å². The fourth-order valence-electron chi connectivity index (χ4n) is 2.63. The number of anilines is 1. The molecule has 1 atom stereocenters. The first kappa shape index (κ1) is 15.6. The summed E-state index contributed by atoms with van der Waals surface area (Å²) in [5.41, 5.74) is 0. The minimum absolute atomic E-state index is 0.117. The molecule has 1 saturated heterocycles. The Bertz CT molecular complexity index is 653. The summed E-state index contributed by atoms with van der Waals surface area (Å²) in [6.07, 6.45) is 3.43. The topological polar surface area (TPSA) is 25.4 Å². The molecule has 2 aromatic rings. The quantitative estimate of drug-likeness (QED) is 0.764. The van der Waals surface area contributed by atoms with Gasteiger partial charge in [0, 0.05) is 17.2 Å². The van der Waals surface area contributed by atoms with Crippen LogP contribution in [0.1, 0.15) is 12.8 Å². The fourth-order valence-corrected chi connectivity index (χ4v) is 3.04. The van der Waals surface area contributed by atoms with E-state index >= 15 is 0 Å². The summed E-state index contributed by atoms with van der Waals surface area (Å²) in [6.45, 7) is 1.28. The van der Waals surface area contributed by atoms with Crippen molar-refractivity contribution in [1.82, 2.24) is 4.98 Å². The van der Waals surface area contributed by atoms with Crippen LogP contribution in [0.2, 0.25) is 5.02 Å². The van der Waals surface area contributed by atoms with Gasteiger partial charge < -0.3 is 9.64 Å². The van der Waals surface area contributed by atoms with Crippen molar-refractivity contribution in [3.8, 4) is 5.75 Å². The van der Waals surface area contributed by atoms with Gasteiger partial charge in [-0.15, -0.1) is 0 Å². The van der Waals surface area contributed by atoms with Gasteiger partial charge in [-0.1, -0.05) is 27.5 Å². The molecule has 1 aromatic carbocycles. The van der Waals surface area contributed by atoms with E-state index in [1.165, 1.54) is 12.3 Å². The standard InChI is InChI=1S/C16H15BrClFN2O/c17-11-3-5-14(6-4-11)22-10-13-2-1-7-21(13)16-15(19)8-12(18)9-20-16/h3-6,8-9,13H,1-2,7,10H2/t13-/m0/s1. The van der Waals surface area contributed by atoms with Crippen molar-refractivity contribution in [2.75, 3.05) is 18.1 Å². The molecule has 0 aliphatic carbocycles. The van der Waals surface area contributed by atoms with Crippen molar-refractivity contribution in [2.45, 2.75) is 18.9 Å². The molecule has 6 heteroatoms. The number of hydrogen-bond acceptors (Lipinski definition) is 3. The molecule has 116 valence electrons. The molecule has 1 aliphatic rings. The van der Waals surface area contributed by atoms with Gasteiger partial charge in [-0.3, -0.25) is 0 Å². The van der Waals surface area contributed by atoms with E-state index in [0.717, 1.165) is 29.6 Å². The van der Waals surface area contributed by atoms with Gasteiger partial charge in [0.25, 0.3) is 0 Å². The number of halogens is 3. The Morgan fingerprint density at radius 2 is 2.14 bits per heavy atom. The lowest BCUT2D eigenvalue weighted by Crippen LogP contribution is -2.35. The molecule has 0 saturated carbocycles. The third-order valence-corrected chi connectivity index (χ3v) is 4.43. The van der Waals surface area contributed by atoms with Gasteiger partial charge in [-0.25, -0.2) is 9.37 Å². The zero-order valence-electron chi connectivity index (χ0n) is 11.8. The molecular weight excluding hydrogens is 371 g/mol. The molecule has 0 spiro atoms. The van der Waals surface area contributed by atoms with Gasteiger partial charge in [-0.2, -0.15) is 0 Å². The molecule has 1 aromatic heterocycles. The average Bonchev–Trinajstić information content (AvgIpc) is 2.95. The number of hydrogen-bond donors (Lipinski definition) is 0. The zero-order valence-corrected chi connectivity index (χ0v) is 14.1. The second-order valence-electron chi connectivity index (χ2n) is 5.21. The highest BCUT2D eigenvalue weighted by Gasteiger charge is 2.28. The van der Waals surface area contributed by atoms with E-state index in [2.05, 4.69) is 20.9 Å². The van der Waals surface area contributed by atoms with Crippen molar-refractivity contribution in [1.29, 1.82) is 0 Å². The Morgan fingerprint density at radius 1 is 1.36 bits per heavy atom. The fraction of sp³-hybridized carbons (Fsp3) is 0.312. The Morgan fingerprint density at radius 3 is 2.86 bits per heavy atom. The highest BCUT2D eigenvalue weighted by molar-refractivity contribution is 9.10. The molecule has 0 N–H and O–H groups in total. The second kappa shape index (κ2) is 6.84. The first-order chi connectivity index (χ1) is 10.6. The summed E-state index contributed by atoms with van der Waals surface area (Å²) in [6, 6.07) is 9.10. The Kier molecular flexibility index (Phi) is 4.84. The summed E-state index contributed by atoms with van der Waals surface area (Å²) in [7, 11) is 0. The molecule has 3 nitrogen and oxygen atoms in total. The minimum atomic E-state index is -0.386. The lowest BCUT2D eigenvalue weighted by atomic mass is 10.2. The summed E-state index contributed by atoms with van der Waals surface area (Å²) in [5, 5.41) is 0.308. The molecule has 0 unspecified atom stereocenters. The van der Waals surface area contributed by atoms with Crippen LogP contribution >= 0.6 is 27.5 Å². The largest absolute Gasteiger partial charge is 0.491 e. The molecule has 1 fully saturated rings. The first-order valence-electron chi connectivity index (χ1n) is 7.09. The maximum atomic E-state index is 14.0. The highest BCUT2D eigenvalue weighted by atomic mass is 79.9. The number of aromatic nitrogens is 1. The lowest BCUT2D eigenvalue weighted by Gasteiger charge is -2.26. The van der Waals surface area contributed by atoms with Crippen LogP contribution in [0.3, 0.4) is 0 Å². The predicted molar refractivity (Wildman–Crippen MR) is 89.2 cm³/mol. The molecule has 22 heavy (non-hydrogen) atoms. The SMILES string of the molecule is Fc1cc(Cl)cnc1N1CCC[C@H]1COc1ccc(Br)cc1. The Balaban J connectivity index is 1.69. The van der Waals surface area contributed by atoms with E-state index in [-0.39, 0.29) is 11.9 Å². The third-order valence-electron chi connectivity index (χ3n) is 3.69. The van der Waals surface area contributed by atoms with E-state index in [1.807, 2.05) is 29.2 Å². The molecule has 0 radical (unpaired) electrons. The maximum absolute atomic E-state index is 14.0. The van der Waals surface area contributed by atoms with Gasteiger partial charge in [0.05, 0.1) is 11.1 Å². The molecule has 1 aliphatic heterocycles. The van der Waals surface area contributed by atoms with Crippen LogP contribution in [0, 0.1) is 5.82 Å². The summed E-state index contributed by atoms with van der Waals surface area (Å²) < 4.78 is 20.9. The lowest BCUT2D eigenvalue weighted by molar-refractivity contribution is 0.287. The minimum Gasteiger partial charge on any atom is -0.491 e. The van der Waals surface area contributed by atoms with E-state index in [1.54, 1.807) is 0 Å². The van der Waals surface area contributed by atoms with E-state index < -0.39 is 0 Å². The van der Waals surface area contributed by atoms with Crippen molar-refractivity contribution in [3.05, 3.63) is 51.8 Å².